The van der Waals surface area contributed by atoms with E-state index >= 15 is 0 Å². The van der Waals surface area contributed by atoms with Gasteiger partial charge in [0.05, 0.1) is 11.8 Å². The summed E-state index contributed by atoms with van der Waals surface area (Å²) < 4.78 is 0. The van der Waals surface area contributed by atoms with Crippen LogP contribution in [0.5, 0.6) is 0 Å². The maximum atomic E-state index is 10.2. The third kappa shape index (κ3) is 4.97. The Kier molecular flexibility index (Phi) is 4.56. The van der Waals surface area contributed by atoms with Crippen LogP contribution < -0.4 is 5.32 Å². The molecule has 1 heterocycles. The maximum absolute atomic E-state index is 10.2. The molecule has 1 rings (SSSR count). The molecule has 0 aliphatic carbocycles. The molecule has 0 radical (unpaired) electrons. The topological polar surface area (TPSA) is 82.5 Å². The van der Waals surface area contributed by atoms with Gasteiger partial charge in [0, 0.05) is 25.4 Å². The number of nitrogens with one attached hydrogen (secondary N) is 1. The van der Waals surface area contributed by atoms with Gasteiger partial charge in [0.1, 0.15) is 0 Å². The Hall–Kier alpha value is -1.62. The lowest BCUT2D eigenvalue weighted by atomic mass is 10.2. The molecule has 3 N–H and O–H groups in total. The van der Waals surface area contributed by atoms with Gasteiger partial charge >= 0.3 is 5.97 Å². The summed E-state index contributed by atoms with van der Waals surface area (Å²) in [6.45, 7) is 0.332. The minimum atomic E-state index is -0.893. The van der Waals surface area contributed by atoms with Crippen molar-refractivity contribution in [2.45, 2.75) is 18.9 Å². The van der Waals surface area contributed by atoms with Crippen molar-refractivity contribution in [1.29, 1.82) is 0 Å². The molecule has 0 aliphatic rings. The van der Waals surface area contributed by atoms with Gasteiger partial charge in [-0.15, -0.1) is 0 Å². The molecule has 0 aromatic carbocycles. The molecule has 5 heteroatoms. The third-order valence-corrected chi connectivity index (χ3v) is 1.89. The Morgan fingerprint density at radius 2 is 2.40 bits per heavy atom. The zero-order valence-corrected chi connectivity index (χ0v) is 8.26. The van der Waals surface area contributed by atoms with Crippen molar-refractivity contribution in [2.75, 3.05) is 11.9 Å². The molecule has 0 bridgehead atoms. The smallest absolute Gasteiger partial charge is 0.303 e. The second-order valence-corrected chi connectivity index (χ2v) is 3.21. The second-order valence-electron chi connectivity index (χ2n) is 3.21. The number of anilines is 1. The zero-order chi connectivity index (χ0) is 11.1. The Balaban J connectivity index is 2.22. The van der Waals surface area contributed by atoms with Gasteiger partial charge < -0.3 is 15.5 Å². The van der Waals surface area contributed by atoms with Crippen molar-refractivity contribution in [1.82, 2.24) is 4.98 Å². The highest BCUT2D eigenvalue weighted by molar-refractivity contribution is 5.66. The van der Waals surface area contributed by atoms with Crippen LogP contribution in [0.4, 0.5) is 5.69 Å². The first kappa shape index (κ1) is 11.5. The fourth-order valence-electron chi connectivity index (χ4n) is 1.10. The summed E-state index contributed by atoms with van der Waals surface area (Å²) in [7, 11) is 0. The van der Waals surface area contributed by atoms with Crippen LogP contribution in [0.15, 0.2) is 24.5 Å². The van der Waals surface area contributed by atoms with Crippen LogP contribution in [0.2, 0.25) is 0 Å². The number of aliphatic hydroxyl groups is 1. The first-order valence-electron chi connectivity index (χ1n) is 4.72. The summed E-state index contributed by atoms with van der Waals surface area (Å²) >= 11 is 0. The molecule has 15 heavy (non-hydrogen) atoms. The number of aliphatic hydroxyl groups excluding tert-OH is 1. The van der Waals surface area contributed by atoms with Crippen molar-refractivity contribution in [3.05, 3.63) is 24.5 Å². The van der Waals surface area contributed by atoms with Gasteiger partial charge in [-0.3, -0.25) is 9.78 Å². The molecular formula is C10H14N2O3. The predicted octanol–water partition coefficient (Wildman–Crippen LogP) is 0.719. The number of pyridine rings is 1. The fourth-order valence-corrected chi connectivity index (χ4v) is 1.10. The highest BCUT2D eigenvalue weighted by Crippen LogP contribution is 2.04. The second kappa shape index (κ2) is 5.98. The van der Waals surface area contributed by atoms with E-state index in [1.165, 1.54) is 0 Å². The number of carboxylic acid groups (broad SMARTS) is 1. The fraction of sp³-hybridized carbons (Fsp3) is 0.400. The first-order valence-corrected chi connectivity index (χ1v) is 4.72. The molecule has 1 unspecified atom stereocenters. The summed E-state index contributed by atoms with van der Waals surface area (Å²) in [5.41, 5.74) is 0.812. The van der Waals surface area contributed by atoms with Gasteiger partial charge in [0.25, 0.3) is 0 Å². The van der Waals surface area contributed by atoms with Gasteiger partial charge in [0.2, 0.25) is 0 Å². The van der Waals surface area contributed by atoms with Crippen LogP contribution in [0.1, 0.15) is 12.8 Å². The van der Waals surface area contributed by atoms with Gasteiger partial charge in [0.15, 0.2) is 0 Å². The summed E-state index contributed by atoms with van der Waals surface area (Å²) in [4.78, 5) is 14.1. The van der Waals surface area contributed by atoms with E-state index in [1.54, 1.807) is 18.5 Å². The molecule has 82 valence electrons. The molecule has 5 nitrogen and oxygen atoms in total. The van der Waals surface area contributed by atoms with E-state index in [-0.39, 0.29) is 12.8 Å². The van der Waals surface area contributed by atoms with Gasteiger partial charge in [-0.05, 0) is 18.6 Å². The first-order chi connectivity index (χ1) is 7.18. The molecule has 0 saturated carbocycles. The minimum absolute atomic E-state index is 0.0180. The number of carboxylic acids is 1. The Labute approximate surface area is 87.8 Å². The Morgan fingerprint density at radius 1 is 1.60 bits per heavy atom. The van der Waals surface area contributed by atoms with Crippen LogP contribution in [0.3, 0.4) is 0 Å². The van der Waals surface area contributed by atoms with E-state index in [9.17, 15) is 9.90 Å². The molecule has 1 aromatic rings. The maximum Gasteiger partial charge on any atom is 0.303 e. The number of rotatable bonds is 6. The van der Waals surface area contributed by atoms with Crippen molar-refractivity contribution in [2.24, 2.45) is 0 Å². The molecule has 1 atom stereocenters. The summed E-state index contributed by atoms with van der Waals surface area (Å²) in [5, 5.41) is 20.8. The number of aromatic nitrogens is 1. The Morgan fingerprint density at radius 3 is 3.00 bits per heavy atom. The van der Waals surface area contributed by atoms with Gasteiger partial charge in [-0.2, -0.15) is 0 Å². The Bertz CT molecular complexity index is 303. The van der Waals surface area contributed by atoms with Crippen LogP contribution >= 0.6 is 0 Å². The van der Waals surface area contributed by atoms with Crippen LogP contribution in [-0.4, -0.2) is 33.8 Å². The standard InChI is InChI=1S/C10H14N2O3/c13-9(3-4-10(14)15)7-12-8-2-1-5-11-6-8/h1-2,5-6,9,12-13H,3-4,7H2,(H,14,15). The van der Waals surface area contributed by atoms with Crippen molar-refractivity contribution in [3.63, 3.8) is 0 Å². The molecule has 0 spiro atoms. The van der Waals surface area contributed by atoms with E-state index in [0.29, 0.717) is 6.54 Å². The predicted molar refractivity (Wildman–Crippen MR) is 55.6 cm³/mol. The third-order valence-electron chi connectivity index (χ3n) is 1.89. The summed E-state index contributed by atoms with van der Waals surface area (Å²) in [6.07, 6.45) is 2.88. The van der Waals surface area contributed by atoms with Crippen LogP contribution in [0, 0.1) is 0 Å². The monoisotopic (exact) mass is 210 g/mol. The minimum Gasteiger partial charge on any atom is -0.481 e. The van der Waals surface area contributed by atoms with Gasteiger partial charge in [-0.25, -0.2) is 0 Å². The SMILES string of the molecule is O=C(O)CCC(O)CNc1cccnc1. The number of nitrogens with zero attached hydrogens (tertiary/aromatic N) is 1. The molecular weight excluding hydrogens is 196 g/mol. The van der Waals surface area contributed by atoms with Crippen LogP contribution in [0.25, 0.3) is 0 Å². The largest absolute Gasteiger partial charge is 0.481 e. The van der Waals surface area contributed by atoms with Crippen molar-refractivity contribution in [3.8, 4) is 0 Å². The van der Waals surface area contributed by atoms with E-state index in [0.717, 1.165) is 5.69 Å². The van der Waals surface area contributed by atoms with Crippen molar-refractivity contribution >= 4 is 11.7 Å². The quantitative estimate of drug-likeness (QED) is 0.644. The number of hydrogen-bond acceptors (Lipinski definition) is 4. The average molecular weight is 210 g/mol. The lowest BCUT2D eigenvalue weighted by molar-refractivity contribution is -0.137. The van der Waals surface area contributed by atoms with E-state index in [1.807, 2.05) is 6.07 Å². The lowest BCUT2D eigenvalue weighted by Crippen LogP contribution is -2.20. The molecule has 0 fully saturated rings. The zero-order valence-electron chi connectivity index (χ0n) is 8.26. The van der Waals surface area contributed by atoms with E-state index < -0.39 is 12.1 Å². The molecule has 0 amide bonds. The lowest BCUT2D eigenvalue weighted by Gasteiger charge is -2.11. The van der Waals surface area contributed by atoms with Gasteiger partial charge in [-0.1, -0.05) is 0 Å². The van der Waals surface area contributed by atoms with E-state index in [2.05, 4.69) is 10.3 Å². The number of carbonyl (C=O) groups is 1. The number of hydrogen-bond donors (Lipinski definition) is 3. The van der Waals surface area contributed by atoms with E-state index in [4.69, 9.17) is 5.11 Å². The normalized spacial score (nSPS) is 12.1. The summed E-state index contributed by atoms with van der Waals surface area (Å²) in [6, 6.07) is 3.61. The summed E-state index contributed by atoms with van der Waals surface area (Å²) in [5.74, 6) is -0.893. The van der Waals surface area contributed by atoms with Crippen LogP contribution in [-0.2, 0) is 4.79 Å². The number of aliphatic carboxylic acids is 1. The highest BCUT2D eigenvalue weighted by Gasteiger charge is 2.06. The highest BCUT2D eigenvalue weighted by atomic mass is 16.4. The molecule has 0 aliphatic heterocycles. The molecule has 0 saturated heterocycles. The van der Waals surface area contributed by atoms with Crippen molar-refractivity contribution < 1.29 is 15.0 Å². The molecule has 1 aromatic heterocycles. The average Bonchev–Trinajstić information content (AvgIpc) is 2.25.